The maximum absolute atomic E-state index is 14.5. The van der Waals surface area contributed by atoms with Gasteiger partial charge in [0.15, 0.2) is 5.78 Å². The summed E-state index contributed by atoms with van der Waals surface area (Å²) < 4.78 is 13.1. The highest BCUT2D eigenvalue weighted by Gasteiger charge is 2.67. The highest BCUT2D eigenvalue weighted by molar-refractivity contribution is 6.53. The molecule has 1 saturated carbocycles. The SMILES string of the molecule is CC(=O)Nc1ccc(CC(=O)c2cc(NC(=O)C3C(c4ccc(Cl)c(Cl)c4)C3(Cl)Cl)ccc2Cl)c(F)c1. The molecule has 0 saturated heterocycles. The summed E-state index contributed by atoms with van der Waals surface area (Å²) in [6.07, 6.45) is -0.280. The monoisotopic (exact) mass is 600 g/mol. The third-order valence-electron chi connectivity index (χ3n) is 5.90. The van der Waals surface area contributed by atoms with Crippen LogP contribution in [0.2, 0.25) is 15.1 Å². The molecule has 2 unspecified atom stereocenters. The molecule has 3 aromatic carbocycles. The minimum absolute atomic E-state index is 0.102. The minimum Gasteiger partial charge on any atom is -0.326 e. The molecule has 0 aromatic heterocycles. The summed E-state index contributed by atoms with van der Waals surface area (Å²) >= 11 is 31.1. The van der Waals surface area contributed by atoms with Crippen molar-refractivity contribution in [1.82, 2.24) is 0 Å². The Morgan fingerprint density at radius 3 is 2.16 bits per heavy atom. The maximum Gasteiger partial charge on any atom is 0.231 e. The van der Waals surface area contributed by atoms with Crippen LogP contribution in [0, 0.1) is 11.7 Å². The molecular weight excluding hydrogens is 585 g/mol. The topological polar surface area (TPSA) is 75.3 Å². The molecule has 0 bridgehead atoms. The van der Waals surface area contributed by atoms with E-state index >= 15 is 0 Å². The second-order valence-electron chi connectivity index (χ2n) is 8.57. The van der Waals surface area contributed by atoms with Crippen molar-refractivity contribution in [2.24, 2.45) is 5.92 Å². The molecule has 0 heterocycles. The van der Waals surface area contributed by atoms with Crippen LogP contribution in [0.15, 0.2) is 54.6 Å². The summed E-state index contributed by atoms with van der Waals surface area (Å²) in [7, 11) is 0. The number of hydrogen-bond donors (Lipinski definition) is 2. The lowest BCUT2D eigenvalue weighted by Crippen LogP contribution is -2.17. The highest BCUT2D eigenvalue weighted by Crippen LogP contribution is 2.65. The Bertz CT molecular complexity index is 1430. The quantitative estimate of drug-likeness (QED) is 0.215. The fraction of sp³-hybridized carbons (Fsp3) is 0.192. The summed E-state index contributed by atoms with van der Waals surface area (Å²) in [5, 5.41) is 6.01. The number of hydrogen-bond acceptors (Lipinski definition) is 3. The first-order valence-corrected chi connectivity index (χ1v) is 12.8. The maximum atomic E-state index is 14.5. The zero-order valence-corrected chi connectivity index (χ0v) is 22.8. The molecule has 1 aliphatic rings. The van der Waals surface area contributed by atoms with E-state index in [1.54, 1.807) is 18.2 Å². The molecule has 37 heavy (non-hydrogen) atoms. The van der Waals surface area contributed by atoms with Crippen LogP contribution >= 0.6 is 58.0 Å². The minimum atomic E-state index is -1.35. The third-order valence-corrected chi connectivity index (χ3v) is 7.91. The van der Waals surface area contributed by atoms with Crippen LogP contribution in [0.5, 0.6) is 0 Å². The van der Waals surface area contributed by atoms with Gasteiger partial charge in [-0.1, -0.05) is 46.9 Å². The normalized spacial score (nSPS) is 17.7. The fourth-order valence-corrected chi connectivity index (χ4v) is 5.41. The van der Waals surface area contributed by atoms with Gasteiger partial charge in [0, 0.05) is 36.2 Å². The van der Waals surface area contributed by atoms with Crippen molar-refractivity contribution < 1.29 is 18.8 Å². The average molecular weight is 603 g/mol. The summed E-state index contributed by atoms with van der Waals surface area (Å²) in [5.74, 6) is -3.20. The van der Waals surface area contributed by atoms with Gasteiger partial charge in [-0.05, 0) is 53.6 Å². The number of rotatable bonds is 7. The summed E-state index contributed by atoms with van der Waals surface area (Å²) in [4.78, 5) is 37.1. The second-order valence-corrected chi connectivity index (χ2v) is 11.2. The number of alkyl halides is 2. The van der Waals surface area contributed by atoms with Crippen LogP contribution in [0.1, 0.15) is 34.3 Å². The van der Waals surface area contributed by atoms with Gasteiger partial charge in [0.25, 0.3) is 0 Å². The molecule has 11 heteroatoms. The Hall–Kier alpha value is -2.35. The van der Waals surface area contributed by atoms with Gasteiger partial charge >= 0.3 is 0 Å². The van der Waals surface area contributed by atoms with Crippen LogP contribution in [-0.4, -0.2) is 21.9 Å². The van der Waals surface area contributed by atoms with Gasteiger partial charge in [-0.2, -0.15) is 0 Å². The van der Waals surface area contributed by atoms with Gasteiger partial charge in [-0.15, -0.1) is 23.2 Å². The van der Waals surface area contributed by atoms with Gasteiger partial charge in [0.05, 0.1) is 21.0 Å². The number of halogens is 6. The Morgan fingerprint density at radius 2 is 1.51 bits per heavy atom. The number of benzene rings is 3. The third kappa shape index (κ3) is 6.05. The van der Waals surface area contributed by atoms with Crippen molar-refractivity contribution in [3.63, 3.8) is 0 Å². The van der Waals surface area contributed by atoms with Gasteiger partial charge in [-0.25, -0.2) is 4.39 Å². The molecule has 3 aromatic rings. The fourth-order valence-electron chi connectivity index (χ4n) is 4.05. The molecule has 1 aliphatic carbocycles. The van der Waals surface area contributed by atoms with Crippen LogP contribution in [0.3, 0.4) is 0 Å². The molecule has 4 rings (SSSR count). The van der Waals surface area contributed by atoms with Gasteiger partial charge in [-0.3, -0.25) is 14.4 Å². The second kappa shape index (κ2) is 10.8. The lowest BCUT2D eigenvalue weighted by molar-refractivity contribution is -0.117. The molecular formula is C26H18Cl5FN2O3. The predicted octanol–water partition coefficient (Wildman–Crippen LogP) is 7.70. The zero-order valence-electron chi connectivity index (χ0n) is 19.1. The van der Waals surface area contributed by atoms with Crippen LogP contribution in [0.4, 0.5) is 15.8 Å². The summed E-state index contributed by atoms with van der Waals surface area (Å²) in [5.41, 5.74) is 1.46. The Morgan fingerprint density at radius 1 is 0.865 bits per heavy atom. The molecule has 0 spiro atoms. The Kier molecular flexibility index (Phi) is 8.07. The smallest absolute Gasteiger partial charge is 0.231 e. The van der Waals surface area contributed by atoms with Crippen LogP contribution < -0.4 is 10.6 Å². The van der Waals surface area contributed by atoms with Crippen LogP contribution in [-0.2, 0) is 16.0 Å². The van der Waals surface area contributed by atoms with Crippen molar-refractivity contribution in [2.45, 2.75) is 23.6 Å². The molecule has 5 nitrogen and oxygen atoms in total. The van der Waals surface area contributed by atoms with E-state index in [1.165, 1.54) is 37.3 Å². The number of carbonyl (C=O) groups is 3. The molecule has 192 valence electrons. The van der Waals surface area contributed by atoms with Crippen molar-refractivity contribution in [3.05, 3.63) is 92.2 Å². The standard InChI is InChI=1S/C26H18Cl5FN2O3/c1-12(35)33-16-4-2-13(21(32)11-16)9-22(36)17-10-15(5-7-18(17)27)34-25(37)24-23(26(24,30)31)14-3-6-19(28)20(29)8-14/h2-8,10-11,23-24H,9H2,1H3,(H,33,35)(H,34,37). The van der Waals surface area contributed by atoms with Crippen molar-refractivity contribution in [2.75, 3.05) is 10.6 Å². The van der Waals surface area contributed by atoms with Gasteiger partial charge in [0.2, 0.25) is 11.8 Å². The summed E-state index contributed by atoms with van der Waals surface area (Å²) in [6, 6.07) is 13.3. The predicted molar refractivity (Wildman–Crippen MR) is 146 cm³/mol. The lowest BCUT2D eigenvalue weighted by atomic mass is 10.0. The van der Waals surface area contributed by atoms with E-state index in [4.69, 9.17) is 58.0 Å². The van der Waals surface area contributed by atoms with E-state index in [1.807, 2.05) is 0 Å². The average Bonchev–Trinajstić information content (AvgIpc) is 3.40. The van der Waals surface area contributed by atoms with E-state index in [2.05, 4.69) is 10.6 Å². The highest BCUT2D eigenvalue weighted by atomic mass is 35.5. The zero-order chi connectivity index (χ0) is 27.1. The van der Waals surface area contributed by atoms with Crippen molar-refractivity contribution in [3.8, 4) is 0 Å². The number of amides is 2. The number of nitrogens with one attached hydrogen (secondary N) is 2. The van der Waals surface area contributed by atoms with E-state index in [0.717, 1.165) is 6.07 Å². The molecule has 0 radical (unpaired) electrons. The Labute approximate surface area is 237 Å². The van der Waals surface area contributed by atoms with E-state index in [9.17, 15) is 18.8 Å². The molecule has 2 atom stereocenters. The number of ketones is 1. The Balaban J connectivity index is 1.48. The van der Waals surface area contributed by atoms with Crippen molar-refractivity contribution in [1.29, 1.82) is 0 Å². The first kappa shape index (κ1) is 27.7. The van der Waals surface area contributed by atoms with Gasteiger partial charge < -0.3 is 10.6 Å². The molecule has 1 fully saturated rings. The first-order valence-electron chi connectivity index (χ1n) is 10.9. The number of anilines is 2. The van der Waals surface area contributed by atoms with E-state index < -0.39 is 33.7 Å². The van der Waals surface area contributed by atoms with E-state index in [-0.39, 0.29) is 34.2 Å². The summed E-state index contributed by atoms with van der Waals surface area (Å²) in [6.45, 7) is 1.31. The van der Waals surface area contributed by atoms with E-state index in [0.29, 0.717) is 21.3 Å². The number of Topliss-reactive ketones (excluding diaryl/α,β-unsaturated/α-hetero) is 1. The first-order chi connectivity index (χ1) is 17.4. The van der Waals surface area contributed by atoms with Crippen molar-refractivity contribution >= 4 is 87.0 Å². The number of carbonyl (C=O) groups excluding carboxylic acids is 3. The van der Waals surface area contributed by atoms with Crippen LogP contribution in [0.25, 0.3) is 0 Å². The largest absolute Gasteiger partial charge is 0.326 e. The molecule has 0 aliphatic heterocycles. The lowest BCUT2D eigenvalue weighted by Gasteiger charge is -2.10. The molecule has 2 amide bonds. The van der Waals surface area contributed by atoms with Gasteiger partial charge in [0.1, 0.15) is 10.2 Å². The molecule has 2 N–H and O–H groups in total.